The lowest BCUT2D eigenvalue weighted by molar-refractivity contribution is -0.136. The SMILES string of the molecule is CO[C@@H](C)[C@H]1C[C@H](C)[C@H]([C@@H](C)CC[C@@H](O)CC[C@@H](C)/C=C(\CO)[C@H]2O/C(=C3\C(=O)COC3=O)[C@@H](C)[C@@H]3[C@@H]2CCC[C@H]3C)O1. The molecule has 4 aliphatic rings. The van der Waals surface area contributed by atoms with Crippen molar-refractivity contribution in [2.45, 2.75) is 123 Å². The second kappa shape index (κ2) is 15.0. The fourth-order valence-electron chi connectivity index (χ4n) is 8.42. The third-order valence-electron chi connectivity index (χ3n) is 11.0. The van der Waals surface area contributed by atoms with Gasteiger partial charge in [-0.15, -0.1) is 0 Å². The van der Waals surface area contributed by atoms with Crippen molar-refractivity contribution >= 4 is 11.8 Å². The van der Waals surface area contributed by atoms with Crippen LogP contribution in [0.2, 0.25) is 0 Å². The number of carbonyl (C=O) groups excluding carboxylic acids is 2. The first kappa shape index (κ1) is 34.1. The number of hydrogen-bond donors (Lipinski definition) is 2. The Balaban J connectivity index is 1.37. The first-order valence-electron chi connectivity index (χ1n) is 16.8. The molecule has 4 rings (SSSR count). The minimum atomic E-state index is -0.600. The van der Waals surface area contributed by atoms with Gasteiger partial charge >= 0.3 is 5.97 Å². The van der Waals surface area contributed by atoms with Gasteiger partial charge in [0, 0.05) is 18.9 Å². The summed E-state index contributed by atoms with van der Waals surface area (Å²) in [4.78, 5) is 25.1. The summed E-state index contributed by atoms with van der Waals surface area (Å²) in [6, 6.07) is 0. The van der Waals surface area contributed by atoms with Crippen LogP contribution in [0, 0.1) is 41.4 Å². The molecule has 3 heterocycles. The summed E-state index contributed by atoms with van der Waals surface area (Å²) in [6.07, 6.45) is 9.01. The highest BCUT2D eigenvalue weighted by Gasteiger charge is 2.49. The lowest BCUT2D eigenvalue weighted by Gasteiger charge is -2.49. The summed E-state index contributed by atoms with van der Waals surface area (Å²) >= 11 is 0. The zero-order valence-corrected chi connectivity index (χ0v) is 27.4. The zero-order chi connectivity index (χ0) is 31.4. The molecule has 0 bridgehead atoms. The summed E-state index contributed by atoms with van der Waals surface area (Å²) in [5.74, 6) is 1.29. The third kappa shape index (κ3) is 7.74. The number of esters is 1. The highest BCUT2D eigenvalue weighted by molar-refractivity contribution is 6.22. The van der Waals surface area contributed by atoms with Crippen LogP contribution >= 0.6 is 0 Å². The van der Waals surface area contributed by atoms with E-state index in [1.807, 2.05) is 0 Å². The van der Waals surface area contributed by atoms with Crippen LogP contribution in [-0.2, 0) is 28.5 Å². The Bertz CT molecular complexity index is 1020. The van der Waals surface area contributed by atoms with Crippen LogP contribution in [0.15, 0.2) is 23.0 Å². The van der Waals surface area contributed by atoms with E-state index in [2.05, 4.69) is 47.6 Å². The quantitative estimate of drug-likeness (QED) is 0.132. The van der Waals surface area contributed by atoms with Gasteiger partial charge in [0.25, 0.3) is 0 Å². The number of aliphatic hydroxyl groups is 2. The van der Waals surface area contributed by atoms with Gasteiger partial charge in [0.1, 0.15) is 17.4 Å². The summed E-state index contributed by atoms with van der Waals surface area (Å²) < 4.78 is 23.4. The summed E-state index contributed by atoms with van der Waals surface area (Å²) in [5, 5.41) is 21.4. The van der Waals surface area contributed by atoms with Crippen molar-refractivity contribution in [1.29, 1.82) is 0 Å². The minimum Gasteiger partial charge on any atom is -0.489 e. The molecule has 12 atom stereocenters. The number of hydrogen-bond acceptors (Lipinski definition) is 8. The van der Waals surface area contributed by atoms with Gasteiger partial charge in [-0.3, -0.25) is 4.79 Å². The topological polar surface area (TPSA) is 112 Å². The number of rotatable bonds is 12. The molecule has 43 heavy (non-hydrogen) atoms. The smallest absolute Gasteiger partial charge is 0.345 e. The highest BCUT2D eigenvalue weighted by Crippen LogP contribution is 2.51. The first-order chi connectivity index (χ1) is 20.5. The van der Waals surface area contributed by atoms with Crippen molar-refractivity contribution in [2.24, 2.45) is 41.4 Å². The molecule has 2 N–H and O–H groups in total. The van der Waals surface area contributed by atoms with Crippen molar-refractivity contribution in [1.82, 2.24) is 0 Å². The molecule has 8 heteroatoms. The Labute approximate surface area is 258 Å². The van der Waals surface area contributed by atoms with Gasteiger partial charge in [0.2, 0.25) is 5.78 Å². The summed E-state index contributed by atoms with van der Waals surface area (Å²) in [7, 11) is 1.73. The number of ketones is 1. The normalized spacial score (nSPS) is 37.8. The Kier molecular flexibility index (Phi) is 11.9. The molecule has 3 aliphatic heterocycles. The van der Waals surface area contributed by atoms with E-state index in [-0.39, 0.29) is 72.7 Å². The first-order valence-corrected chi connectivity index (χ1v) is 16.8. The fraction of sp³-hybridized carbons (Fsp3) is 0.829. The summed E-state index contributed by atoms with van der Waals surface area (Å²) in [5.41, 5.74) is 0.855. The Morgan fingerprint density at radius 3 is 2.42 bits per heavy atom. The molecule has 0 spiro atoms. The van der Waals surface area contributed by atoms with Crippen LogP contribution in [0.1, 0.15) is 92.9 Å². The maximum Gasteiger partial charge on any atom is 0.345 e. The maximum absolute atomic E-state index is 12.6. The monoisotopic (exact) mass is 604 g/mol. The summed E-state index contributed by atoms with van der Waals surface area (Å²) in [6.45, 7) is 12.6. The van der Waals surface area contributed by atoms with Gasteiger partial charge in [-0.25, -0.2) is 4.79 Å². The standard InChI is InChI=1S/C35H56O8/c1-19(11-13-26(37)14-12-21(3)32-22(4)16-29(42-32)24(6)40-7)15-25(17-36)34-27-10-8-9-20(2)30(27)23(5)33(43-34)31-28(38)18-41-35(31)39/h15,19-24,26-27,29-30,32,34,36-37H,8-14,16-18H2,1-7H3/b25-15+,33-31+/t19-,20-,21+,22+,23+,24+,26+,27+,29-,30-,32+,34-/m1/s1. The Morgan fingerprint density at radius 1 is 1.05 bits per heavy atom. The van der Waals surface area contributed by atoms with Crippen molar-refractivity contribution in [3.8, 4) is 0 Å². The van der Waals surface area contributed by atoms with Crippen molar-refractivity contribution in [3.63, 3.8) is 0 Å². The molecule has 0 amide bonds. The molecule has 0 aromatic carbocycles. The maximum atomic E-state index is 12.6. The third-order valence-corrected chi connectivity index (χ3v) is 11.0. The number of methoxy groups -OCH3 is 1. The van der Waals surface area contributed by atoms with Gasteiger partial charge in [-0.1, -0.05) is 53.5 Å². The average molecular weight is 605 g/mol. The second-order valence-corrected chi connectivity index (χ2v) is 14.2. The number of aliphatic hydroxyl groups excluding tert-OH is 2. The number of Topliss-reactive ketones (excluding diaryl/α,β-unsaturated/α-hetero) is 1. The number of fused-ring (bicyclic) bond motifs is 1. The molecule has 3 saturated heterocycles. The van der Waals surface area contributed by atoms with E-state index in [0.717, 1.165) is 50.5 Å². The van der Waals surface area contributed by atoms with E-state index < -0.39 is 12.1 Å². The molecular weight excluding hydrogens is 548 g/mol. The zero-order valence-electron chi connectivity index (χ0n) is 27.4. The van der Waals surface area contributed by atoms with E-state index in [1.54, 1.807) is 7.11 Å². The van der Waals surface area contributed by atoms with Gasteiger partial charge in [-0.05, 0) is 80.6 Å². The van der Waals surface area contributed by atoms with E-state index >= 15 is 0 Å². The molecular formula is C35H56O8. The fourth-order valence-corrected chi connectivity index (χ4v) is 8.42. The molecule has 0 radical (unpaired) electrons. The van der Waals surface area contributed by atoms with Crippen LogP contribution in [0.5, 0.6) is 0 Å². The molecule has 1 saturated carbocycles. The number of allylic oxidation sites excluding steroid dienone is 2. The average Bonchev–Trinajstić information content (AvgIpc) is 3.54. The molecule has 244 valence electrons. The van der Waals surface area contributed by atoms with Crippen LogP contribution in [0.4, 0.5) is 0 Å². The van der Waals surface area contributed by atoms with Gasteiger partial charge in [0.15, 0.2) is 6.61 Å². The van der Waals surface area contributed by atoms with Crippen LogP contribution in [-0.4, -0.2) is 72.8 Å². The van der Waals surface area contributed by atoms with E-state index in [0.29, 0.717) is 29.9 Å². The van der Waals surface area contributed by atoms with Gasteiger partial charge < -0.3 is 29.2 Å². The predicted octanol–water partition coefficient (Wildman–Crippen LogP) is 5.39. The second-order valence-electron chi connectivity index (χ2n) is 14.2. The Hall–Kier alpha value is -1.74. The Morgan fingerprint density at radius 2 is 1.77 bits per heavy atom. The highest BCUT2D eigenvalue weighted by atomic mass is 16.6. The van der Waals surface area contributed by atoms with Gasteiger partial charge in [0.05, 0.1) is 31.0 Å². The van der Waals surface area contributed by atoms with E-state index in [1.165, 1.54) is 0 Å². The van der Waals surface area contributed by atoms with Crippen molar-refractivity contribution in [2.75, 3.05) is 20.3 Å². The van der Waals surface area contributed by atoms with Crippen LogP contribution < -0.4 is 0 Å². The van der Waals surface area contributed by atoms with E-state index in [4.69, 9.17) is 18.9 Å². The predicted molar refractivity (Wildman–Crippen MR) is 164 cm³/mol. The van der Waals surface area contributed by atoms with Crippen LogP contribution in [0.3, 0.4) is 0 Å². The van der Waals surface area contributed by atoms with E-state index in [9.17, 15) is 19.8 Å². The van der Waals surface area contributed by atoms with Crippen LogP contribution in [0.25, 0.3) is 0 Å². The van der Waals surface area contributed by atoms with Crippen molar-refractivity contribution in [3.05, 3.63) is 23.0 Å². The largest absolute Gasteiger partial charge is 0.489 e. The number of cyclic esters (lactones) is 1. The van der Waals surface area contributed by atoms with Gasteiger partial charge in [-0.2, -0.15) is 0 Å². The number of ether oxygens (including phenoxy) is 4. The molecule has 8 nitrogen and oxygen atoms in total. The molecule has 0 unspecified atom stereocenters. The number of carbonyl (C=O) groups is 2. The lowest BCUT2D eigenvalue weighted by Crippen LogP contribution is -2.47. The minimum absolute atomic E-state index is 0.0533. The molecule has 0 aromatic rings. The molecule has 0 aromatic heterocycles. The lowest BCUT2D eigenvalue weighted by atomic mass is 9.62. The molecule has 4 fully saturated rings. The van der Waals surface area contributed by atoms with Crippen molar-refractivity contribution < 1.29 is 38.7 Å². The molecule has 1 aliphatic carbocycles.